The number of carbonyl (C=O) groups is 1. The summed E-state index contributed by atoms with van der Waals surface area (Å²) in [5.74, 6) is 1.33. The van der Waals surface area contributed by atoms with Gasteiger partial charge in [-0.1, -0.05) is 6.07 Å². The molecule has 0 unspecified atom stereocenters. The van der Waals surface area contributed by atoms with Crippen molar-refractivity contribution in [1.29, 1.82) is 0 Å². The van der Waals surface area contributed by atoms with Crippen LogP contribution in [0.5, 0.6) is 11.5 Å². The van der Waals surface area contributed by atoms with Crippen LogP contribution in [0, 0.1) is 6.92 Å². The molecule has 0 bridgehead atoms. The molecule has 4 aromatic rings. The molecule has 1 aromatic carbocycles. The number of nitrogens with one attached hydrogen (secondary N) is 1. The summed E-state index contributed by atoms with van der Waals surface area (Å²) in [5.41, 5.74) is 8.77. The Labute approximate surface area is 173 Å². The quantitative estimate of drug-likeness (QED) is 0.497. The molecule has 1 amide bonds. The van der Waals surface area contributed by atoms with Crippen molar-refractivity contribution in [2.75, 3.05) is 5.32 Å². The number of aromatic nitrogens is 3. The molecule has 0 radical (unpaired) electrons. The second-order valence-corrected chi connectivity index (χ2v) is 6.56. The topological polar surface area (TPSA) is 103 Å². The van der Waals surface area contributed by atoms with Gasteiger partial charge in [-0.05, 0) is 61.5 Å². The van der Waals surface area contributed by atoms with Crippen molar-refractivity contribution >= 4 is 17.4 Å². The Hall–Kier alpha value is -4.26. The number of nitrogens with two attached hydrogens (primary N) is 1. The summed E-state index contributed by atoms with van der Waals surface area (Å²) in [6.07, 6.45) is 3.37. The molecule has 7 nitrogen and oxygen atoms in total. The van der Waals surface area contributed by atoms with E-state index in [9.17, 15) is 4.79 Å². The summed E-state index contributed by atoms with van der Waals surface area (Å²) in [6, 6.07) is 19.8. The van der Waals surface area contributed by atoms with Gasteiger partial charge >= 0.3 is 0 Å². The zero-order valence-electron chi connectivity index (χ0n) is 16.2. The van der Waals surface area contributed by atoms with Crippen molar-refractivity contribution in [1.82, 2.24) is 15.0 Å². The molecular weight excluding hydrogens is 378 g/mol. The van der Waals surface area contributed by atoms with E-state index in [1.165, 1.54) is 0 Å². The van der Waals surface area contributed by atoms with E-state index in [0.717, 1.165) is 17.1 Å². The van der Waals surface area contributed by atoms with Crippen LogP contribution in [0.4, 0.5) is 11.5 Å². The predicted octanol–water partition coefficient (Wildman–Crippen LogP) is 4.48. The van der Waals surface area contributed by atoms with Crippen molar-refractivity contribution < 1.29 is 9.53 Å². The number of pyridine rings is 3. The smallest absolute Gasteiger partial charge is 0.248 e. The van der Waals surface area contributed by atoms with Crippen LogP contribution in [0.1, 0.15) is 16.1 Å². The highest BCUT2D eigenvalue weighted by Gasteiger charge is 2.11. The minimum atomic E-state index is -0.467. The largest absolute Gasteiger partial charge is 0.455 e. The summed E-state index contributed by atoms with van der Waals surface area (Å²) in [5, 5.41) is 3.18. The number of rotatable bonds is 6. The van der Waals surface area contributed by atoms with Gasteiger partial charge in [-0.15, -0.1) is 0 Å². The lowest BCUT2D eigenvalue weighted by Gasteiger charge is -2.12. The zero-order chi connectivity index (χ0) is 20.9. The molecule has 0 fully saturated rings. The highest BCUT2D eigenvalue weighted by atomic mass is 16.5. The number of hydrogen-bond acceptors (Lipinski definition) is 6. The van der Waals surface area contributed by atoms with Crippen molar-refractivity contribution in [3.8, 4) is 22.9 Å². The van der Waals surface area contributed by atoms with Gasteiger partial charge in [0.25, 0.3) is 0 Å². The Morgan fingerprint density at radius 2 is 1.80 bits per heavy atom. The molecule has 30 heavy (non-hydrogen) atoms. The average Bonchev–Trinajstić information content (AvgIpc) is 2.76. The molecule has 4 rings (SSSR count). The van der Waals surface area contributed by atoms with Gasteiger partial charge in [0, 0.05) is 35.4 Å². The van der Waals surface area contributed by atoms with Crippen LogP contribution in [-0.2, 0) is 0 Å². The van der Waals surface area contributed by atoms with Crippen LogP contribution in [0.15, 0.2) is 79.1 Å². The van der Waals surface area contributed by atoms with Crippen LogP contribution in [0.2, 0.25) is 0 Å². The molecule has 0 aliphatic rings. The lowest BCUT2D eigenvalue weighted by Crippen LogP contribution is -2.10. The third-order valence-corrected chi connectivity index (χ3v) is 4.31. The maximum absolute atomic E-state index is 11.2. The van der Waals surface area contributed by atoms with Gasteiger partial charge in [-0.2, -0.15) is 0 Å². The van der Waals surface area contributed by atoms with Crippen LogP contribution in [-0.4, -0.2) is 20.9 Å². The Morgan fingerprint density at radius 3 is 2.53 bits per heavy atom. The second-order valence-electron chi connectivity index (χ2n) is 6.56. The van der Waals surface area contributed by atoms with Gasteiger partial charge < -0.3 is 15.8 Å². The molecule has 0 aliphatic heterocycles. The lowest BCUT2D eigenvalue weighted by molar-refractivity contribution is 0.100. The van der Waals surface area contributed by atoms with Gasteiger partial charge in [0.2, 0.25) is 5.91 Å². The molecule has 148 valence electrons. The first-order valence-corrected chi connectivity index (χ1v) is 9.28. The number of nitrogens with zero attached hydrogens (tertiary/aromatic N) is 3. The first-order valence-electron chi connectivity index (χ1n) is 9.28. The fraction of sp³-hybridized carbons (Fsp3) is 0.0435. The normalized spacial score (nSPS) is 10.4. The average molecular weight is 397 g/mol. The van der Waals surface area contributed by atoms with Gasteiger partial charge in [0.15, 0.2) is 5.75 Å². The fourth-order valence-electron chi connectivity index (χ4n) is 2.85. The Morgan fingerprint density at radius 1 is 0.967 bits per heavy atom. The van der Waals surface area contributed by atoms with E-state index in [1.54, 1.807) is 48.8 Å². The first kappa shape index (κ1) is 19.1. The molecule has 7 heteroatoms. The molecule has 3 aromatic heterocycles. The van der Waals surface area contributed by atoms with E-state index >= 15 is 0 Å². The SMILES string of the molecule is Cc1ccc(Oc2ccnc(Nc3ccc(C(N)=O)cc3)c2)c(-c2ccccn2)n1. The number of hydrogen-bond donors (Lipinski definition) is 2. The van der Waals surface area contributed by atoms with E-state index in [0.29, 0.717) is 28.6 Å². The molecule has 0 saturated carbocycles. The first-order chi connectivity index (χ1) is 14.6. The molecule has 3 N–H and O–H groups in total. The maximum atomic E-state index is 11.2. The van der Waals surface area contributed by atoms with E-state index < -0.39 is 5.91 Å². The van der Waals surface area contributed by atoms with E-state index in [1.807, 2.05) is 37.3 Å². The number of aryl methyl sites for hydroxylation is 1. The van der Waals surface area contributed by atoms with Crippen molar-refractivity contribution in [2.24, 2.45) is 5.73 Å². The summed E-state index contributed by atoms with van der Waals surface area (Å²) >= 11 is 0. The van der Waals surface area contributed by atoms with Crippen molar-refractivity contribution in [2.45, 2.75) is 6.92 Å². The standard InChI is InChI=1S/C23H19N5O2/c1-15-5-10-20(22(27-15)19-4-2-3-12-25-19)30-18-11-13-26-21(14-18)28-17-8-6-16(7-9-17)23(24)29/h2-14H,1H3,(H2,24,29)(H,26,28). The summed E-state index contributed by atoms with van der Waals surface area (Å²) in [7, 11) is 0. The molecule has 0 aliphatic carbocycles. The van der Waals surface area contributed by atoms with E-state index in [4.69, 9.17) is 10.5 Å². The number of benzene rings is 1. The molecular formula is C23H19N5O2. The molecule has 0 saturated heterocycles. The summed E-state index contributed by atoms with van der Waals surface area (Å²) in [4.78, 5) is 24.5. The molecule has 3 heterocycles. The highest BCUT2D eigenvalue weighted by Crippen LogP contribution is 2.31. The van der Waals surface area contributed by atoms with E-state index in [2.05, 4.69) is 20.3 Å². The third-order valence-electron chi connectivity index (χ3n) is 4.31. The minimum absolute atomic E-state index is 0.444. The summed E-state index contributed by atoms with van der Waals surface area (Å²) < 4.78 is 6.10. The number of carbonyl (C=O) groups excluding carboxylic acids is 1. The Balaban J connectivity index is 1.57. The molecule has 0 spiro atoms. The van der Waals surface area contributed by atoms with Gasteiger partial charge in [-0.3, -0.25) is 9.78 Å². The number of primary amides is 1. The minimum Gasteiger partial charge on any atom is -0.455 e. The third kappa shape index (κ3) is 4.41. The second kappa shape index (κ2) is 8.40. The maximum Gasteiger partial charge on any atom is 0.248 e. The number of amides is 1. The van der Waals surface area contributed by atoms with Gasteiger partial charge in [0.1, 0.15) is 17.3 Å². The van der Waals surface area contributed by atoms with Crippen LogP contribution >= 0.6 is 0 Å². The monoisotopic (exact) mass is 397 g/mol. The number of anilines is 2. The Kier molecular flexibility index (Phi) is 5.34. The van der Waals surface area contributed by atoms with Crippen molar-refractivity contribution in [3.63, 3.8) is 0 Å². The van der Waals surface area contributed by atoms with Gasteiger partial charge in [0.05, 0.1) is 5.69 Å². The summed E-state index contributed by atoms with van der Waals surface area (Å²) in [6.45, 7) is 1.92. The fourth-order valence-corrected chi connectivity index (χ4v) is 2.85. The van der Waals surface area contributed by atoms with Crippen LogP contribution in [0.3, 0.4) is 0 Å². The predicted molar refractivity (Wildman–Crippen MR) is 115 cm³/mol. The van der Waals surface area contributed by atoms with Crippen LogP contribution in [0.25, 0.3) is 11.4 Å². The zero-order valence-corrected chi connectivity index (χ0v) is 16.2. The lowest BCUT2D eigenvalue weighted by atomic mass is 10.2. The number of ether oxygens (including phenoxy) is 1. The van der Waals surface area contributed by atoms with Gasteiger partial charge in [-0.25, -0.2) is 9.97 Å². The Bertz CT molecular complexity index is 1180. The molecule has 0 atom stereocenters. The van der Waals surface area contributed by atoms with Crippen molar-refractivity contribution in [3.05, 3.63) is 90.4 Å². The highest BCUT2D eigenvalue weighted by molar-refractivity contribution is 5.93. The van der Waals surface area contributed by atoms with Crippen LogP contribution < -0.4 is 15.8 Å². The van der Waals surface area contributed by atoms with E-state index in [-0.39, 0.29) is 0 Å².